The van der Waals surface area contributed by atoms with Gasteiger partial charge in [-0.05, 0) is 42.8 Å². The van der Waals surface area contributed by atoms with E-state index in [9.17, 15) is 9.18 Å². The van der Waals surface area contributed by atoms with Gasteiger partial charge in [0.15, 0.2) is 0 Å². The highest BCUT2D eigenvalue weighted by Gasteiger charge is 2.39. The first kappa shape index (κ1) is 16.2. The van der Waals surface area contributed by atoms with E-state index in [0.29, 0.717) is 4.60 Å². The molecule has 0 unspecified atom stereocenters. The number of ether oxygens (including phenoxy) is 1. The zero-order valence-corrected chi connectivity index (χ0v) is 14.9. The third-order valence-corrected chi connectivity index (χ3v) is 4.34. The van der Waals surface area contributed by atoms with Gasteiger partial charge in [0.25, 0.3) is 0 Å². The Bertz CT molecular complexity index is 740. The van der Waals surface area contributed by atoms with E-state index >= 15 is 0 Å². The van der Waals surface area contributed by atoms with Crippen molar-refractivity contribution in [3.05, 3.63) is 28.9 Å². The SMILES string of the molecule is CC(C)(C)OC(=O)N1C[C@@H](n2nc(Br)c3ccccc32)[C@@H](F)C1. The summed E-state index contributed by atoms with van der Waals surface area (Å²) in [6, 6.07) is 7.11. The van der Waals surface area contributed by atoms with Crippen molar-refractivity contribution >= 4 is 32.9 Å². The van der Waals surface area contributed by atoms with E-state index in [4.69, 9.17) is 4.74 Å². The first-order valence-electron chi connectivity index (χ1n) is 7.51. The normalized spacial score (nSPS) is 21.9. The summed E-state index contributed by atoms with van der Waals surface area (Å²) < 4.78 is 22.2. The number of benzene rings is 1. The Kier molecular flexibility index (Phi) is 4.08. The number of nitrogens with zero attached hydrogens (tertiary/aromatic N) is 3. The number of hydrogen-bond acceptors (Lipinski definition) is 3. The molecule has 2 heterocycles. The van der Waals surface area contributed by atoms with E-state index in [1.54, 1.807) is 25.5 Å². The Morgan fingerprint density at radius 1 is 1.35 bits per heavy atom. The zero-order valence-electron chi connectivity index (χ0n) is 13.3. The zero-order chi connectivity index (χ0) is 16.8. The predicted octanol–water partition coefficient (Wildman–Crippen LogP) is 3.93. The Morgan fingerprint density at radius 3 is 2.74 bits per heavy atom. The monoisotopic (exact) mass is 383 g/mol. The van der Waals surface area contributed by atoms with Crippen LogP contribution in [0.3, 0.4) is 0 Å². The van der Waals surface area contributed by atoms with Gasteiger partial charge >= 0.3 is 6.09 Å². The number of halogens is 2. The average Bonchev–Trinajstić information content (AvgIpc) is 2.99. The van der Waals surface area contributed by atoms with Gasteiger partial charge in [-0.15, -0.1) is 0 Å². The smallest absolute Gasteiger partial charge is 0.410 e. The highest BCUT2D eigenvalue weighted by molar-refractivity contribution is 9.10. The second-order valence-electron chi connectivity index (χ2n) is 6.72. The lowest BCUT2D eigenvalue weighted by Crippen LogP contribution is -2.35. The predicted molar refractivity (Wildman–Crippen MR) is 89.2 cm³/mol. The molecule has 0 spiro atoms. The summed E-state index contributed by atoms with van der Waals surface area (Å²) in [7, 11) is 0. The van der Waals surface area contributed by atoms with Gasteiger partial charge in [0.1, 0.15) is 22.4 Å². The maximum Gasteiger partial charge on any atom is 0.410 e. The summed E-state index contributed by atoms with van der Waals surface area (Å²) in [5, 5.41) is 5.33. The Hall–Kier alpha value is -1.63. The first-order valence-corrected chi connectivity index (χ1v) is 8.30. The molecular formula is C16H19BrFN3O2. The molecule has 0 radical (unpaired) electrons. The number of carbonyl (C=O) groups is 1. The van der Waals surface area contributed by atoms with E-state index in [1.807, 2.05) is 24.3 Å². The maximum atomic E-state index is 14.5. The highest BCUT2D eigenvalue weighted by Crippen LogP contribution is 2.31. The molecule has 1 aromatic carbocycles. The highest BCUT2D eigenvalue weighted by atomic mass is 79.9. The van der Waals surface area contributed by atoms with Crippen molar-refractivity contribution in [1.29, 1.82) is 0 Å². The maximum absolute atomic E-state index is 14.5. The summed E-state index contributed by atoms with van der Waals surface area (Å²) in [6.07, 6.45) is -1.67. The van der Waals surface area contributed by atoms with Crippen LogP contribution in [0, 0.1) is 0 Å². The molecule has 1 amide bonds. The molecule has 1 aromatic heterocycles. The summed E-state index contributed by atoms with van der Waals surface area (Å²) in [5.74, 6) is 0. The molecule has 2 aromatic rings. The van der Waals surface area contributed by atoms with Gasteiger partial charge in [0.2, 0.25) is 0 Å². The van der Waals surface area contributed by atoms with Crippen molar-refractivity contribution in [2.75, 3.05) is 13.1 Å². The number of alkyl halides is 1. The van der Waals surface area contributed by atoms with Crippen molar-refractivity contribution in [1.82, 2.24) is 14.7 Å². The first-order chi connectivity index (χ1) is 10.8. The number of carbonyl (C=O) groups excluding carboxylic acids is 1. The van der Waals surface area contributed by atoms with E-state index in [0.717, 1.165) is 10.9 Å². The van der Waals surface area contributed by atoms with Crippen LogP contribution < -0.4 is 0 Å². The van der Waals surface area contributed by atoms with E-state index < -0.39 is 23.9 Å². The van der Waals surface area contributed by atoms with Crippen molar-refractivity contribution < 1.29 is 13.9 Å². The van der Waals surface area contributed by atoms with Gasteiger partial charge in [0.05, 0.1) is 12.1 Å². The number of fused-ring (bicyclic) bond motifs is 1. The van der Waals surface area contributed by atoms with Crippen LogP contribution in [0.1, 0.15) is 26.8 Å². The van der Waals surface area contributed by atoms with E-state index in [2.05, 4.69) is 21.0 Å². The largest absolute Gasteiger partial charge is 0.444 e. The summed E-state index contributed by atoms with van der Waals surface area (Å²) in [5.41, 5.74) is 0.251. The minimum absolute atomic E-state index is 0.0192. The van der Waals surface area contributed by atoms with Crippen LogP contribution in [0.4, 0.5) is 9.18 Å². The molecule has 1 saturated heterocycles. The second-order valence-corrected chi connectivity index (χ2v) is 7.47. The topological polar surface area (TPSA) is 47.4 Å². The average molecular weight is 384 g/mol. The Morgan fingerprint density at radius 2 is 2.04 bits per heavy atom. The molecule has 0 saturated carbocycles. The van der Waals surface area contributed by atoms with Crippen molar-refractivity contribution in [3.8, 4) is 0 Å². The number of rotatable bonds is 1. The number of para-hydroxylation sites is 1. The number of hydrogen-bond donors (Lipinski definition) is 0. The van der Waals surface area contributed by atoms with E-state index in [-0.39, 0.29) is 13.1 Å². The third-order valence-electron chi connectivity index (χ3n) is 3.75. The van der Waals surface area contributed by atoms with Crippen LogP contribution in [0.5, 0.6) is 0 Å². The molecule has 0 N–H and O–H groups in total. The fourth-order valence-corrected chi connectivity index (χ4v) is 3.26. The molecule has 7 heteroatoms. The molecule has 1 aliphatic heterocycles. The lowest BCUT2D eigenvalue weighted by atomic mass is 10.2. The lowest BCUT2D eigenvalue weighted by Gasteiger charge is -2.24. The van der Waals surface area contributed by atoms with Crippen LogP contribution in [0.15, 0.2) is 28.9 Å². The number of amides is 1. The summed E-state index contributed by atoms with van der Waals surface area (Å²) in [4.78, 5) is 13.6. The molecule has 3 rings (SSSR count). The van der Waals surface area contributed by atoms with Crippen molar-refractivity contribution in [2.45, 2.75) is 38.6 Å². The molecular weight excluding hydrogens is 365 g/mol. The van der Waals surface area contributed by atoms with Gasteiger partial charge in [-0.2, -0.15) is 5.10 Å². The standard InChI is InChI=1S/C16H19BrFN3O2/c1-16(2,3)23-15(22)20-8-11(18)13(9-20)21-12-7-5-4-6-10(12)14(17)19-21/h4-7,11,13H,8-9H2,1-3H3/t11-,13+/m0/s1. The van der Waals surface area contributed by atoms with E-state index in [1.165, 1.54) is 4.90 Å². The number of likely N-dealkylation sites (tertiary alicyclic amines) is 1. The van der Waals surface area contributed by atoms with Crippen LogP contribution in [-0.2, 0) is 4.74 Å². The molecule has 2 atom stereocenters. The molecule has 1 fully saturated rings. The molecule has 124 valence electrons. The minimum Gasteiger partial charge on any atom is -0.444 e. The van der Waals surface area contributed by atoms with Gasteiger partial charge in [-0.25, -0.2) is 9.18 Å². The van der Waals surface area contributed by atoms with Gasteiger partial charge in [-0.3, -0.25) is 4.68 Å². The fourth-order valence-electron chi connectivity index (χ4n) is 2.76. The van der Waals surface area contributed by atoms with Crippen LogP contribution in [-0.4, -0.2) is 45.6 Å². The molecule has 5 nitrogen and oxygen atoms in total. The van der Waals surface area contributed by atoms with Crippen LogP contribution >= 0.6 is 15.9 Å². The Balaban J connectivity index is 1.85. The number of aromatic nitrogens is 2. The van der Waals surface area contributed by atoms with Crippen molar-refractivity contribution in [2.24, 2.45) is 0 Å². The second kappa shape index (κ2) is 5.78. The van der Waals surface area contributed by atoms with Crippen LogP contribution in [0.25, 0.3) is 10.9 Å². The quantitative estimate of drug-likeness (QED) is 0.749. The van der Waals surface area contributed by atoms with Gasteiger partial charge < -0.3 is 9.64 Å². The van der Waals surface area contributed by atoms with Crippen molar-refractivity contribution in [3.63, 3.8) is 0 Å². The Labute approximate surface area is 142 Å². The van der Waals surface area contributed by atoms with Gasteiger partial charge in [-0.1, -0.05) is 18.2 Å². The summed E-state index contributed by atoms with van der Waals surface area (Å²) >= 11 is 3.41. The minimum atomic E-state index is -1.18. The molecule has 0 bridgehead atoms. The lowest BCUT2D eigenvalue weighted by molar-refractivity contribution is 0.0281. The van der Waals surface area contributed by atoms with Crippen LogP contribution in [0.2, 0.25) is 0 Å². The molecule has 1 aliphatic rings. The fraction of sp³-hybridized carbons (Fsp3) is 0.500. The molecule has 0 aliphatic carbocycles. The molecule has 23 heavy (non-hydrogen) atoms. The third kappa shape index (κ3) is 3.20. The summed E-state index contributed by atoms with van der Waals surface area (Å²) in [6.45, 7) is 5.65. The van der Waals surface area contributed by atoms with Gasteiger partial charge in [0, 0.05) is 11.9 Å².